The Kier molecular flexibility index (Phi) is 8.04. The van der Waals surface area contributed by atoms with Gasteiger partial charge >= 0.3 is 11.8 Å². The lowest BCUT2D eigenvalue weighted by atomic mass is 9.77. The number of piperazine rings is 1. The maximum atomic E-state index is 13.4. The summed E-state index contributed by atoms with van der Waals surface area (Å²) in [6.45, 7) is 1.02. The van der Waals surface area contributed by atoms with Crippen LogP contribution < -0.4 is 16.2 Å². The fraction of sp³-hybridized carbons (Fsp3) is 0.387. The summed E-state index contributed by atoms with van der Waals surface area (Å²) in [5.41, 5.74) is -1.62. The topological polar surface area (TPSA) is 167 Å². The Morgan fingerprint density at radius 2 is 1.67 bits per heavy atom. The van der Waals surface area contributed by atoms with E-state index in [0.717, 1.165) is 0 Å². The fourth-order valence-electron chi connectivity index (χ4n) is 6.30. The molecule has 0 radical (unpaired) electrons. The second-order valence-corrected chi connectivity index (χ2v) is 11.6. The lowest BCUT2D eigenvalue weighted by Gasteiger charge is -2.38. The van der Waals surface area contributed by atoms with E-state index in [1.165, 1.54) is 39.9 Å². The maximum absolute atomic E-state index is 13.4. The number of benzene rings is 1. The molecule has 0 atom stereocenters. The second kappa shape index (κ2) is 12.1. The van der Waals surface area contributed by atoms with Gasteiger partial charge in [0.1, 0.15) is 17.3 Å². The number of amides is 4. The molecule has 3 aromatic rings. The molecule has 4 aliphatic rings. The molecule has 5 heterocycles. The average molecular weight is 618 g/mol. The molecule has 1 aromatic carbocycles. The number of hydrogen-bond donors (Lipinski definition) is 3. The Morgan fingerprint density at radius 1 is 0.978 bits per heavy atom. The first-order valence-corrected chi connectivity index (χ1v) is 14.8. The van der Waals surface area contributed by atoms with Gasteiger partial charge in [0.2, 0.25) is 5.75 Å². The van der Waals surface area contributed by atoms with E-state index in [0.29, 0.717) is 36.9 Å². The third-order valence-electron chi connectivity index (χ3n) is 8.84. The SMILES string of the molecule is O=C(NC12CCC(CC1)Cn1c2nc(C(=O)NCc2ccc(F)cc2)c(O)c1=O)C(=O)N1CCN(C(=O)c2ccccn2)CC1. The van der Waals surface area contributed by atoms with Crippen LogP contribution in [0.15, 0.2) is 53.5 Å². The van der Waals surface area contributed by atoms with E-state index in [2.05, 4.69) is 20.6 Å². The van der Waals surface area contributed by atoms with Gasteiger partial charge in [-0.3, -0.25) is 33.5 Å². The van der Waals surface area contributed by atoms with Gasteiger partial charge in [-0.2, -0.15) is 0 Å². The monoisotopic (exact) mass is 617 g/mol. The Hall–Kier alpha value is -5.14. The maximum Gasteiger partial charge on any atom is 0.312 e. The summed E-state index contributed by atoms with van der Waals surface area (Å²) in [6.07, 6.45) is 3.58. The first-order chi connectivity index (χ1) is 21.6. The molecule has 14 heteroatoms. The van der Waals surface area contributed by atoms with Crippen molar-refractivity contribution >= 4 is 23.6 Å². The van der Waals surface area contributed by atoms with E-state index in [9.17, 15) is 33.5 Å². The Labute approximate surface area is 257 Å². The minimum atomic E-state index is -1.21. The summed E-state index contributed by atoms with van der Waals surface area (Å²) in [6, 6.07) is 10.5. The lowest BCUT2D eigenvalue weighted by Crippen LogP contribution is -2.57. The van der Waals surface area contributed by atoms with E-state index in [1.54, 1.807) is 23.1 Å². The summed E-state index contributed by atoms with van der Waals surface area (Å²) in [7, 11) is 0. The summed E-state index contributed by atoms with van der Waals surface area (Å²) in [5.74, 6) is -3.75. The second-order valence-electron chi connectivity index (χ2n) is 11.6. The standard InChI is InChI=1S/C31H32FN7O6/c32-21-6-4-19(5-7-21)17-34-25(41)23-24(40)28(44)39-18-20-8-10-31(11-9-20,30(39)35-23)36-26(42)29(45)38-15-13-37(14-16-38)27(43)22-3-1-2-12-33-22/h1-7,12,20,40H,8-11,13-18H2,(H,34,41)(H,36,42). The van der Waals surface area contributed by atoms with Crippen LogP contribution in [0.4, 0.5) is 4.39 Å². The number of hydrogen-bond acceptors (Lipinski definition) is 8. The predicted octanol–water partition coefficient (Wildman–Crippen LogP) is 0.913. The fourth-order valence-corrected chi connectivity index (χ4v) is 6.30. The third kappa shape index (κ3) is 5.87. The van der Waals surface area contributed by atoms with Gasteiger partial charge in [-0.05, 0) is 61.4 Å². The molecular formula is C31H32FN7O6. The Morgan fingerprint density at radius 3 is 2.33 bits per heavy atom. The highest BCUT2D eigenvalue weighted by atomic mass is 19.1. The van der Waals surface area contributed by atoms with Crippen LogP contribution in [0.3, 0.4) is 0 Å². The molecular weight excluding hydrogens is 585 g/mol. The molecule has 3 aliphatic heterocycles. The number of fused-ring (bicyclic) bond motifs is 2. The molecule has 2 aromatic heterocycles. The van der Waals surface area contributed by atoms with Crippen molar-refractivity contribution in [2.75, 3.05) is 26.2 Å². The summed E-state index contributed by atoms with van der Waals surface area (Å²) in [5, 5.41) is 16.2. The number of aromatic hydroxyl groups is 1. The van der Waals surface area contributed by atoms with Crippen LogP contribution in [0.5, 0.6) is 5.75 Å². The molecule has 13 nitrogen and oxygen atoms in total. The first-order valence-electron chi connectivity index (χ1n) is 14.8. The number of carbonyl (C=O) groups excluding carboxylic acids is 4. The van der Waals surface area contributed by atoms with Crippen LogP contribution in [-0.2, 0) is 28.2 Å². The van der Waals surface area contributed by atoms with E-state index in [4.69, 9.17) is 0 Å². The van der Waals surface area contributed by atoms with Gasteiger partial charge < -0.3 is 25.5 Å². The zero-order chi connectivity index (χ0) is 31.7. The summed E-state index contributed by atoms with van der Waals surface area (Å²) in [4.78, 5) is 77.4. The smallest absolute Gasteiger partial charge is 0.312 e. The van der Waals surface area contributed by atoms with Crippen LogP contribution in [0.1, 0.15) is 58.0 Å². The number of nitrogens with one attached hydrogen (secondary N) is 2. The summed E-state index contributed by atoms with van der Waals surface area (Å²) < 4.78 is 14.6. The minimum Gasteiger partial charge on any atom is -0.501 e. The van der Waals surface area contributed by atoms with Crippen LogP contribution >= 0.6 is 0 Å². The highest BCUT2D eigenvalue weighted by molar-refractivity contribution is 6.35. The lowest BCUT2D eigenvalue weighted by molar-refractivity contribution is -0.148. The van der Waals surface area contributed by atoms with Gasteiger partial charge in [-0.15, -0.1) is 0 Å². The van der Waals surface area contributed by atoms with Crippen molar-refractivity contribution in [3.8, 4) is 5.75 Å². The molecule has 3 N–H and O–H groups in total. The van der Waals surface area contributed by atoms with Gasteiger partial charge in [0.25, 0.3) is 17.4 Å². The zero-order valence-electron chi connectivity index (χ0n) is 24.4. The predicted molar refractivity (Wildman–Crippen MR) is 156 cm³/mol. The van der Waals surface area contributed by atoms with Crippen molar-refractivity contribution in [1.29, 1.82) is 0 Å². The number of aromatic nitrogens is 3. The average Bonchev–Trinajstić information content (AvgIpc) is 3.31. The summed E-state index contributed by atoms with van der Waals surface area (Å²) >= 11 is 0. The quantitative estimate of drug-likeness (QED) is 0.356. The normalized spacial score (nSPS) is 20.6. The highest BCUT2D eigenvalue weighted by Gasteiger charge is 2.47. The Bertz CT molecular complexity index is 1700. The van der Waals surface area contributed by atoms with Gasteiger partial charge in [-0.25, -0.2) is 9.37 Å². The number of nitrogens with zero attached hydrogens (tertiary/aromatic N) is 5. The number of pyridine rings is 1. The first kappa shape index (κ1) is 29.9. The van der Waals surface area contributed by atoms with Crippen molar-refractivity contribution in [2.24, 2.45) is 5.92 Å². The largest absolute Gasteiger partial charge is 0.501 e. The molecule has 0 unspecified atom stereocenters. The van der Waals surface area contributed by atoms with E-state index in [1.807, 2.05) is 0 Å². The molecule has 1 saturated carbocycles. The van der Waals surface area contributed by atoms with Gasteiger partial charge in [-0.1, -0.05) is 18.2 Å². The van der Waals surface area contributed by atoms with Crippen molar-refractivity contribution in [2.45, 2.75) is 44.3 Å². The molecule has 1 aliphatic carbocycles. The van der Waals surface area contributed by atoms with E-state index < -0.39 is 46.1 Å². The third-order valence-corrected chi connectivity index (χ3v) is 8.84. The van der Waals surface area contributed by atoms with Crippen LogP contribution in [0, 0.1) is 11.7 Å². The number of halogens is 1. The molecule has 234 valence electrons. The van der Waals surface area contributed by atoms with Gasteiger partial charge in [0, 0.05) is 45.5 Å². The Balaban J connectivity index is 1.19. The molecule has 0 spiro atoms. The van der Waals surface area contributed by atoms with Crippen LogP contribution in [0.2, 0.25) is 0 Å². The van der Waals surface area contributed by atoms with Crippen LogP contribution in [-0.4, -0.2) is 79.2 Å². The zero-order valence-corrected chi connectivity index (χ0v) is 24.4. The molecule has 4 amide bonds. The molecule has 2 bridgehead atoms. The molecule has 1 saturated heterocycles. The number of carbonyl (C=O) groups is 4. The number of rotatable bonds is 5. The van der Waals surface area contributed by atoms with Gasteiger partial charge in [0.05, 0.1) is 5.54 Å². The van der Waals surface area contributed by atoms with Crippen molar-refractivity contribution in [1.82, 2.24) is 35.0 Å². The van der Waals surface area contributed by atoms with Crippen molar-refractivity contribution < 1.29 is 28.7 Å². The van der Waals surface area contributed by atoms with E-state index in [-0.39, 0.29) is 56.9 Å². The molecule has 2 fully saturated rings. The molecule has 45 heavy (non-hydrogen) atoms. The van der Waals surface area contributed by atoms with Crippen molar-refractivity contribution in [3.63, 3.8) is 0 Å². The molecule has 7 rings (SSSR count). The highest BCUT2D eigenvalue weighted by Crippen LogP contribution is 2.43. The van der Waals surface area contributed by atoms with Crippen molar-refractivity contribution in [3.05, 3.63) is 87.6 Å². The van der Waals surface area contributed by atoms with Gasteiger partial charge in [0.15, 0.2) is 5.69 Å². The van der Waals surface area contributed by atoms with E-state index >= 15 is 0 Å². The minimum absolute atomic E-state index is 0.00216. The van der Waals surface area contributed by atoms with Crippen LogP contribution in [0.25, 0.3) is 0 Å².